The largest absolute Gasteiger partial charge is 0.0892 e. The lowest BCUT2D eigenvalue weighted by atomic mass is 10.4. The van der Waals surface area contributed by atoms with E-state index in [1.807, 2.05) is 12.1 Å². The van der Waals surface area contributed by atoms with Crippen molar-refractivity contribution in [2.75, 3.05) is 5.75 Å². The van der Waals surface area contributed by atoms with Gasteiger partial charge in [-0.2, -0.15) is 0 Å². The number of benzene rings is 1. The molecule has 0 radical (unpaired) electrons. The highest BCUT2D eigenvalue weighted by Crippen LogP contribution is 2.36. The van der Waals surface area contributed by atoms with E-state index in [2.05, 4.69) is 6.92 Å². The second-order valence-corrected chi connectivity index (χ2v) is 5.53. The predicted octanol–water partition coefficient (Wildman–Crippen LogP) is 4.75. The molecule has 4 heteroatoms. The molecule has 0 atom stereocenters. The Hall–Kier alpha value is 0.500. The van der Waals surface area contributed by atoms with Crippen LogP contribution in [-0.2, 0) is 0 Å². The topological polar surface area (TPSA) is 0 Å². The molecule has 0 aliphatic carbocycles. The van der Waals surface area contributed by atoms with Gasteiger partial charge in [0.1, 0.15) is 0 Å². The summed E-state index contributed by atoms with van der Waals surface area (Å²) in [6, 6.07) is 5.56. The molecule has 1 rings (SSSR count). The van der Waals surface area contributed by atoms with Crippen molar-refractivity contribution in [2.45, 2.75) is 11.8 Å². The Kier molecular flexibility index (Phi) is 4.65. The van der Waals surface area contributed by atoms with Crippen LogP contribution < -0.4 is 0 Å². The van der Waals surface area contributed by atoms with Crippen LogP contribution in [0.25, 0.3) is 0 Å². The van der Waals surface area contributed by atoms with E-state index in [4.69, 9.17) is 23.2 Å². The van der Waals surface area contributed by atoms with Gasteiger partial charge in [0.25, 0.3) is 0 Å². The van der Waals surface area contributed by atoms with Gasteiger partial charge in [-0.15, -0.1) is 0 Å². The first kappa shape index (κ1) is 10.6. The van der Waals surface area contributed by atoms with Gasteiger partial charge in [0.15, 0.2) is 0 Å². The standard InChI is InChI=1S/C8H8Cl2S2/c1-2-11-12-8-4-3-6(9)5-7(8)10/h3-5H,2H2,1H3. The van der Waals surface area contributed by atoms with Crippen molar-refractivity contribution in [3.63, 3.8) is 0 Å². The van der Waals surface area contributed by atoms with E-state index in [9.17, 15) is 0 Å². The molecule has 66 valence electrons. The molecule has 0 saturated carbocycles. The zero-order chi connectivity index (χ0) is 8.97. The lowest BCUT2D eigenvalue weighted by Gasteiger charge is -2.01. The van der Waals surface area contributed by atoms with Crippen molar-refractivity contribution in [3.8, 4) is 0 Å². The molecule has 0 unspecified atom stereocenters. The summed E-state index contributed by atoms with van der Waals surface area (Å²) in [4.78, 5) is 1.08. The normalized spacial score (nSPS) is 10.2. The first-order chi connectivity index (χ1) is 5.74. The molecule has 0 aliphatic rings. The van der Waals surface area contributed by atoms with Crippen molar-refractivity contribution in [1.29, 1.82) is 0 Å². The molecular weight excluding hydrogens is 231 g/mol. The fraction of sp³-hybridized carbons (Fsp3) is 0.250. The molecule has 0 fully saturated rings. The van der Waals surface area contributed by atoms with Crippen LogP contribution in [0.2, 0.25) is 10.0 Å². The molecule has 1 aromatic carbocycles. The molecule has 0 heterocycles. The third-order valence-electron chi connectivity index (χ3n) is 1.16. The predicted molar refractivity (Wildman–Crippen MR) is 60.5 cm³/mol. The fourth-order valence-electron chi connectivity index (χ4n) is 0.665. The van der Waals surface area contributed by atoms with Crippen molar-refractivity contribution in [1.82, 2.24) is 0 Å². The highest BCUT2D eigenvalue weighted by molar-refractivity contribution is 8.76. The molecule has 0 aliphatic heterocycles. The van der Waals surface area contributed by atoms with Gasteiger partial charge in [0, 0.05) is 15.7 Å². The van der Waals surface area contributed by atoms with Gasteiger partial charge in [-0.25, -0.2) is 0 Å². The van der Waals surface area contributed by atoms with E-state index in [1.165, 1.54) is 0 Å². The number of hydrogen-bond donors (Lipinski definition) is 0. The number of hydrogen-bond acceptors (Lipinski definition) is 2. The molecule has 12 heavy (non-hydrogen) atoms. The maximum atomic E-state index is 5.95. The lowest BCUT2D eigenvalue weighted by molar-refractivity contribution is 1.47. The highest BCUT2D eigenvalue weighted by atomic mass is 35.5. The average molecular weight is 239 g/mol. The third-order valence-corrected chi connectivity index (χ3v) is 4.31. The Labute approximate surface area is 90.4 Å². The van der Waals surface area contributed by atoms with Crippen LogP contribution in [0.3, 0.4) is 0 Å². The minimum atomic E-state index is 0.686. The molecule has 0 amide bonds. The van der Waals surface area contributed by atoms with Gasteiger partial charge >= 0.3 is 0 Å². The summed E-state index contributed by atoms with van der Waals surface area (Å²) in [7, 11) is 3.45. The van der Waals surface area contributed by atoms with E-state index in [0.29, 0.717) is 5.02 Å². The zero-order valence-corrected chi connectivity index (χ0v) is 9.66. The minimum absolute atomic E-state index is 0.686. The van der Waals surface area contributed by atoms with E-state index < -0.39 is 0 Å². The van der Waals surface area contributed by atoms with Crippen molar-refractivity contribution in [3.05, 3.63) is 28.2 Å². The summed E-state index contributed by atoms with van der Waals surface area (Å²) in [5.74, 6) is 1.07. The summed E-state index contributed by atoms with van der Waals surface area (Å²) >= 11 is 11.7. The summed E-state index contributed by atoms with van der Waals surface area (Å²) < 4.78 is 0. The highest BCUT2D eigenvalue weighted by Gasteiger charge is 2.00. The van der Waals surface area contributed by atoms with Crippen LogP contribution in [0.15, 0.2) is 23.1 Å². The molecule has 0 bridgehead atoms. The molecule has 1 aromatic rings. The monoisotopic (exact) mass is 238 g/mol. The van der Waals surface area contributed by atoms with Crippen molar-refractivity contribution >= 4 is 44.8 Å². The summed E-state index contributed by atoms with van der Waals surface area (Å²) in [6.45, 7) is 2.11. The summed E-state index contributed by atoms with van der Waals surface area (Å²) in [6.07, 6.45) is 0. The van der Waals surface area contributed by atoms with Crippen LogP contribution in [0.1, 0.15) is 6.92 Å². The minimum Gasteiger partial charge on any atom is -0.0892 e. The molecule has 0 aromatic heterocycles. The van der Waals surface area contributed by atoms with Gasteiger partial charge < -0.3 is 0 Å². The molecule has 0 spiro atoms. The molecule has 0 saturated heterocycles. The van der Waals surface area contributed by atoms with Gasteiger partial charge in [-0.1, -0.05) is 51.7 Å². The van der Waals surface area contributed by atoms with Gasteiger partial charge in [0.2, 0.25) is 0 Å². The van der Waals surface area contributed by atoms with E-state index in [1.54, 1.807) is 27.7 Å². The maximum absolute atomic E-state index is 5.95. The average Bonchev–Trinajstić information content (AvgIpc) is 2.03. The van der Waals surface area contributed by atoms with Crippen LogP contribution in [0.5, 0.6) is 0 Å². The fourth-order valence-corrected chi connectivity index (χ4v) is 3.00. The van der Waals surface area contributed by atoms with Crippen LogP contribution in [-0.4, -0.2) is 5.75 Å². The van der Waals surface area contributed by atoms with Crippen LogP contribution in [0.4, 0.5) is 0 Å². The first-order valence-corrected chi connectivity index (χ1v) is 6.56. The Morgan fingerprint density at radius 2 is 2.08 bits per heavy atom. The summed E-state index contributed by atoms with van der Waals surface area (Å²) in [5.41, 5.74) is 0. The van der Waals surface area contributed by atoms with Crippen LogP contribution >= 0.6 is 44.8 Å². The van der Waals surface area contributed by atoms with Gasteiger partial charge in [-0.05, 0) is 18.2 Å². The van der Waals surface area contributed by atoms with Crippen LogP contribution in [0, 0.1) is 0 Å². The quantitative estimate of drug-likeness (QED) is 0.698. The second-order valence-electron chi connectivity index (χ2n) is 2.06. The van der Waals surface area contributed by atoms with E-state index in [0.717, 1.165) is 15.7 Å². The first-order valence-electron chi connectivity index (χ1n) is 3.48. The number of halogens is 2. The zero-order valence-electron chi connectivity index (χ0n) is 6.51. The lowest BCUT2D eigenvalue weighted by Crippen LogP contribution is -1.72. The van der Waals surface area contributed by atoms with Gasteiger partial charge in [0.05, 0.1) is 5.02 Å². The Morgan fingerprint density at radius 1 is 1.33 bits per heavy atom. The van der Waals surface area contributed by atoms with Crippen molar-refractivity contribution < 1.29 is 0 Å². The SMILES string of the molecule is CCSSc1ccc(Cl)cc1Cl. The number of rotatable bonds is 3. The van der Waals surface area contributed by atoms with Gasteiger partial charge in [-0.3, -0.25) is 0 Å². The Bertz CT molecular complexity index is 263. The van der Waals surface area contributed by atoms with Crippen molar-refractivity contribution in [2.24, 2.45) is 0 Å². The molecule has 0 nitrogen and oxygen atoms in total. The summed E-state index contributed by atoms with van der Waals surface area (Å²) in [5, 5.41) is 1.42. The molecule has 0 N–H and O–H groups in total. The third kappa shape index (κ3) is 3.09. The molecular formula is C8H8Cl2S2. The van der Waals surface area contributed by atoms with E-state index >= 15 is 0 Å². The Morgan fingerprint density at radius 3 is 2.67 bits per heavy atom. The second kappa shape index (κ2) is 5.28. The van der Waals surface area contributed by atoms with E-state index in [-0.39, 0.29) is 0 Å². The smallest absolute Gasteiger partial charge is 0.0565 e. The Balaban J connectivity index is 2.72. The maximum Gasteiger partial charge on any atom is 0.0565 e.